The number of aliphatic hydroxyl groups excluding tert-OH is 1. The van der Waals surface area contributed by atoms with Crippen molar-refractivity contribution in [2.45, 2.75) is 38.6 Å². The summed E-state index contributed by atoms with van der Waals surface area (Å²) in [5.74, 6) is 1.19. The number of nitrogens with zero attached hydrogens (tertiary/aromatic N) is 4. The van der Waals surface area contributed by atoms with Crippen LogP contribution in [0.4, 0.5) is 5.82 Å². The lowest BCUT2D eigenvalue weighted by molar-refractivity contribution is -0.121. The van der Waals surface area contributed by atoms with Gasteiger partial charge in [0.25, 0.3) is 0 Å². The molecule has 1 aliphatic carbocycles. The van der Waals surface area contributed by atoms with Crippen LogP contribution in [0.3, 0.4) is 0 Å². The van der Waals surface area contributed by atoms with Gasteiger partial charge >= 0.3 is 0 Å². The lowest BCUT2D eigenvalue weighted by Crippen LogP contribution is -2.49. The number of hydrogen-bond donors (Lipinski definition) is 3. The average Bonchev–Trinajstić information content (AvgIpc) is 3.24. The first-order chi connectivity index (χ1) is 11.9. The fraction of sp³-hybridized carbons (Fsp3) is 0.529. The molecule has 1 amide bonds. The molecule has 0 atom stereocenters. The van der Waals surface area contributed by atoms with E-state index in [4.69, 9.17) is 0 Å². The summed E-state index contributed by atoms with van der Waals surface area (Å²) in [4.78, 5) is 30.6. The molecule has 2 aromatic rings. The largest absolute Gasteiger partial charge is 0.394 e. The highest BCUT2D eigenvalue weighted by atomic mass is 35.5. The van der Waals surface area contributed by atoms with Crippen LogP contribution in [0.25, 0.3) is 11.5 Å². The van der Waals surface area contributed by atoms with Gasteiger partial charge in [-0.3, -0.25) is 4.79 Å². The molecule has 0 bridgehead atoms. The first kappa shape index (κ1) is 20.1. The summed E-state index contributed by atoms with van der Waals surface area (Å²) in [7, 11) is 1.85. The van der Waals surface area contributed by atoms with E-state index in [-0.39, 0.29) is 31.5 Å². The number of halogens is 1. The molecule has 0 radical (unpaired) electrons. The molecule has 0 saturated heterocycles. The molecule has 0 aliphatic heterocycles. The third-order valence-electron chi connectivity index (χ3n) is 4.25. The highest BCUT2D eigenvalue weighted by Gasteiger charge is 2.25. The number of likely N-dealkylation sites (N-methyl/N-ethyl adjacent to an activating group) is 1. The smallest absolute Gasteiger partial charge is 0.240 e. The number of rotatable bonds is 6. The summed E-state index contributed by atoms with van der Waals surface area (Å²) >= 11 is 0. The molecule has 1 aliphatic rings. The minimum Gasteiger partial charge on any atom is -0.394 e. The fourth-order valence-corrected chi connectivity index (χ4v) is 2.97. The standard InChI is InChI=1S/C17H24N6O2.ClH/c1-17(2,9-24)22-14(25)8-23(3)16-11-5-4-6-12(11)20-15(21-16)13-7-18-10-19-13;/h7,10,24H,4-6,8-9H2,1-3H3,(H,18,19)(H,22,25);1H. The van der Waals surface area contributed by atoms with Crippen molar-refractivity contribution in [3.05, 3.63) is 23.8 Å². The van der Waals surface area contributed by atoms with Crippen LogP contribution >= 0.6 is 12.4 Å². The Kier molecular flexibility index (Phi) is 6.20. The van der Waals surface area contributed by atoms with Crippen LogP contribution in [-0.2, 0) is 17.6 Å². The maximum absolute atomic E-state index is 12.3. The number of anilines is 1. The van der Waals surface area contributed by atoms with Crippen LogP contribution in [0.15, 0.2) is 12.5 Å². The first-order valence-corrected chi connectivity index (χ1v) is 8.41. The van der Waals surface area contributed by atoms with Gasteiger partial charge in [0, 0.05) is 24.5 Å². The van der Waals surface area contributed by atoms with Crippen molar-refractivity contribution >= 4 is 24.1 Å². The van der Waals surface area contributed by atoms with Crippen LogP contribution in [0.2, 0.25) is 0 Å². The molecule has 0 spiro atoms. The number of carbonyl (C=O) groups is 1. The van der Waals surface area contributed by atoms with Crippen molar-refractivity contribution in [3.63, 3.8) is 0 Å². The van der Waals surface area contributed by atoms with E-state index in [1.54, 1.807) is 26.4 Å². The molecule has 0 fully saturated rings. The zero-order valence-electron chi connectivity index (χ0n) is 15.2. The second-order valence-electron chi connectivity index (χ2n) is 7.05. The van der Waals surface area contributed by atoms with E-state index in [9.17, 15) is 9.90 Å². The Hall–Kier alpha value is -2.19. The Morgan fingerprint density at radius 2 is 2.15 bits per heavy atom. The van der Waals surface area contributed by atoms with E-state index in [2.05, 4.69) is 25.3 Å². The Labute approximate surface area is 158 Å². The van der Waals surface area contributed by atoms with Gasteiger partial charge in [-0.15, -0.1) is 12.4 Å². The monoisotopic (exact) mass is 380 g/mol. The van der Waals surface area contributed by atoms with Crippen molar-refractivity contribution in [1.29, 1.82) is 0 Å². The first-order valence-electron chi connectivity index (χ1n) is 8.41. The Balaban J connectivity index is 0.00000243. The highest BCUT2D eigenvalue weighted by molar-refractivity contribution is 5.85. The van der Waals surface area contributed by atoms with Gasteiger partial charge in [0.1, 0.15) is 11.5 Å². The van der Waals surface area contributed by atoms with Crippen molar-refractivity contribution in [1.82, 2.24) is 25.3 Å². The molecule has 26 heavy (non-hydrogen) atoms. The minimum atomic E-state index is -0.647. The van der Waals surface area contributed by atoms with Gasteiger partial charge in [-0.1, -0.05) is 0 Å². The number of aromatic nitrogens is 4. The number of hydrogen-bond acceptors (Lipinski definition) is 6. The predicted molar refractivity (Wildman–Crippen MR) is 101 cm³/mol. The molecule has 142 valence electrons. The summed E-state index contributed by atoms with van der Waals surface area (Å²) in [5, 5.41) is 12.1. The summed E-state index contributed by atoms with van der Waals surface area (Å²) < 4.78 is 0. The lowest BCUT2D eigenvalue weighted by atomic mass is 10.1. The van der Waals surface area contributed by atoms with E-state index in [0.717, 1.165) is 36.3 Å². The quantitative estimate of drug-likeness (QED) is 0.692. The Morgan fingerprint density at radius 1 is 1.38 bits per heavy atom. The van der Waals surface area contributed by atoms with Crippen molar-refractivity contribution in [3.8, 4) is 11.5 Å². The van der Waals surface area contributed by atoms with Crippen molar-refractivity contribution in [2.24, 2.45) is 0 Å². The van der Waals surface area contributed by atoms with Crippen LogP contribution < -0.4 is 10.2 Å². The molecule has 2 heterocycles. The van der Waals surface area contributed by atoms with Crippen LogP contribution in [0.5, 0.6) is 0 Å². The van der Waals surface area contributed by atoms with E-state index in [1.165, 1.54) is 0 Å². The predicted octanol–water partition coefficient (Wildman–Crippen LogP) is 1.10. The molecule has 0 unspecified atom stereocenters. The topological polar surface area (TPSA) is 107 Å². The molecule has 0 aromatic carbocycles. The number of nitrogens with one attached hydrogen (secondary N) is 2. The van der Waals surface area contributed by atoms with Gasteiger partial charge in [0.05, 0.1) is 25.0 Å². The van der Waals surface area contributed by atoms with Crippen LogP contribution in [0, 0.1) is 0 Å². The molecular weight excluding hydrogens is 356 g/mol. The van der Waals surface area contributed by atoms with Gasteiger partial charge in [0.2, 0.25) is 5.91 Å². The number of aromatic amines is 1. The summed E-state index contributed by atoms with van der Waals surface area (Å²) in [6.45, 7) is 3.60. The van der Waals surface area contributed by atoms with E-state index in [0.29, 0.717) is 11.5 Å². The number of imidazole rings is 1. The molecule has 3 N–H and O–H groups in total. The third-order valence-corrected chi connectivity index (χ3v) is 4.25. The maximum Gasteiger partial charge on any atom is 0.240 e. The summed E-state index contributed by atoms with van der Waals surface area (Å²) in [6.07, 6.45) is 6.23. The van der Waals surface area contributed by atoms with Gasteiger partial charge in [-0.05, 0) is 33.1 Å². The SMILES string of the molecule is CN(CC(=O)NC(C)(C)CO)c1nc(-c2c[nH]cn2)nc2c1CCC2.Cl. The number of carbonyl (C=O) groups excluding carboxylic acids is 1. The molecular formula is C17H25ClN6O2. The van der Waals surface area contributed by atoms with Gasteiger partial charge in [0.15, 0.2) is 5.82 Å². The normalized spacial score (nSPS) is 13.1. The second kappa shape index (κ2) is 8.01. The summed E-state index contributed by atoms with van der Waals surface area (Å²) in [6, 6.07) is 0. The zero-order valence-corrected chi connectivity index (χ0v) is 16.1. The molecule has 3 rings (SSSR count). The summed E-state index contributed by atoms with van der Waals surface area (Å²) in [5.41, 5.74) is 2.18. The third kappa shape index (κ3) is 4.31. The molecule has 2 aromatic heterocycles. The van der Waals surface area contributed by atoms with Crippen molar-refractivity contribution in [2.75, 3.05) is 25.1 Å². The second-order valence-corrected chi connectivity index (χ2v) is 7.05. The molecule has 0 saturated carbocycles. The Morgan fingerprint density at radius 3 is 2.81 bits per heavy atom. The van der Waals surface area contributed by atoms with Gasteiger partial charge < -0.3 is 20.3 Å². The fourth-order valence-electron chi connectivity index (χ4n) is 2.97. The van der Waals surface area contributed by atoms with E-state index >= 15 is 0 Å². The highest BCUT2D eigenvalue weighted by Crippen LogP contribution is 2.30. The minimum absolute atomic E-state index is 0. The number of fused-ring (bicyclic) bond motifs is 1. The number of amides is 1. The number of aliphatic hydroxyl groups is 1. The number of aryl methyl sites for hydroxylation is 1. The molecule has 9 heteroatoms. The average molecular weight is 381 g/mol. The Bertz CT molecular complexity index is 763. The van der Waals surface area contributed by atoms with Gasteiger partial charge in [-0.2, -0.15) is 0 Å². The van der Waals surface area contributed by atoms with E-state index in [1.807, 2.05) is 11.9 Å². The van der Waals surface area contributed by atoms with Crippen LogP contribution in [-0.4, -0.2) is 56.7 Å². The zero-order chi connectivity index (χ0) is 18.0. The van der Waals surface area contributed by atoms with Crippen molar-refractivity contribution < 1.29 is 9.90 Å². The van der Waals surface area contributed by atoms with Gasteiger partial charge in [-0.25, -0.2) is 15.0 Å². The maximum atomic E-state index is 12.3. The molecule has 8 nitrogen and oxygen atoms in total. The van der Waals surface area contributed by atoms with Crippen LogP contribution in [0.1, 0.15) is 31.5 Å². The number of H-pyrrole nitrogens is 1. The lowest BCUT2D eigenvalue weighted by Gasteiger charge is -2.26. The van der Waals surface area contributed by atoms with E-state index < -0.39 is 5.54 Å².